The standard InChI is InChI=1S/C23H24N4OS/c1-16(22-24-19-8-4-6-10-21(19)29-22)26-11-13-27(14-12-26)23(28)18-15-25(2)20-9-5-3-7-17(18)20/h3-10,15-16H,11-14H2,1-2H3. The van der Waals surface area contributed by atoms with Crippen molar-refractivity contribution in [2.75, 3.05) is 26.2 Å². The Morgan fingerprint density at radius 3 is 2.55 bits per heavy atom. The molecule has 148 valence electrons. The molecule has 29 heavy (non-hydrogen) atoms. The lowest BCUT2D eigenvalue weighted by Crippen LogP contribution is -2.49. The van der Waals surface area contributed by atoms with Crippen LogP contribution < -0.4 is 0 Å². The van der Waals surface area contributed by atoms with E-state index in [1.807, 2.05) is 47.0 Å². The van der Waals surface area contributed by atoms with Gasteiger partial charge in [-0.3, -0.25) is 9.69 Å². The number of aromatic nitrogens is 2. The van der Waals surface area contributed by atoms with Crippen LogP contribution in [0.3, 0.4) is 0 Å². The molecule has 1 atom stereocenters. The van der Waals surface area contributed by atoms with E-state index in [2.05, 4.69) is 36.1 Å². The first kappa shape index (κ1) is 18.3. The number of fused-ring (bicyclic) bond motifs is 2. The molecule has 0 radical (unpaired) electrons. The normalized spacial score (nSPS) is 16.6. The summed E-state index contributed by atoms with van der Waals surface area (Å²) in [5.74, 6) is 0.133. The molecule has 6 heteroatoms. The fourth-order valence-electron chi connectivity index (χ4n) is 4.22. The summed E-state index contributed by atoms with van der Waals surface area (Å²) in [7, 11) is 2.00. The van der Waals surface area contributed by atoms with Gasteiger partial charge >= 0.3 is 0 Å². The zero-order chi connectivity index (χ0) is 20.0. The van der Waals surface area contributed by atoms with E-state index in [4.69, 9.17) is 4.98 Å². The van der Waals surface area contributed by atoms with Gasteiger partial charge in [-0.2, -0.15) is 0 Å². The van der Waals surface area contributed by atoms with Gasteiger partial charge in [-0.25, -0.2) is 4.98 Å². The molecule has 2 aromatic heterocycles. The van der Waals surface area contributed by atoms with Crippen molar-refractivity contribution in [1.82, 2.24) is 19.4 Å². The van der Waals surface area contributed by atoms with E-state index in [0.29, 0.717) is 0 Å². The van der Waals surface area contributed by atoms with Crippen LogP contribution in [0, 0.1) is 0 Å². The molecule has 4 aromatic rings. The van der Waals surface area contributed by atoms with Crippen molar-refractivity contribution in [3.8, 4) is 0 Å². The molecule has 2 aromatic carbocycles. The number of carbonyl (C=O) groups is 1. The number of hydrogen-bond acceptors (Lipinski definition) is 4. The van der Waals surface area contributed by atoms with E-state index in [0.717, 1.165) is 53.2 Å². The number of para-hydroxylation sites is 2. The number of amides is 1. The van der Waals surface area contributed by atoms with Gasteiger partial charge in [-0.15, -0.1) is 11.3 Å². The maximum absolute atomic E-state index is 13.2. The molecular formula is C23H24N4OS. The smallest absolute Gasteiger partial charge is 0.256 e. The Bertz CT molecular complexity index is 1150. The fraction of sp³-hybridized carbons (Fsp3) is 0.304. The largest absolute Gasteiger partial charge is 0.350 e. The Labute approximate surface area is 174 Å². The van der Waals surface area contributed by atoms with Crippen molar-refractivity contribution < 1.29 is 4.79 Å². The lowest BCUT2D eigenvalue weighted by Gasteiger charge is -2.37. The average Bonchev–Trinajstić information content (AvgIpc) is 3.34. The zero-order valence-electron chi connectivity index (χ0n) is 16.7. The van der Waals surface area contributed by atoms with E-state index in [9.17, 15) is 4.79 Å². The second-order valence-electron chi connectivity index (χ2n) is 7.69. The summed E-state index contributed by atoms with van der Waals surface area (Å²) in [5, 5.41) is 2.19. The highest BCUT2D eigenvalue weighted by atomic mass is 32.1. The third-order valence-electron chi connectivity index (χ3n) is 5.94. The van der Waals surface area contributed by atoms with Crippen molar-refractivity contribution in [3.05, 3.63) is 65.3 Å². The Morgan fingerprint density at radius 2 is 1.76 bits per heavy atom. The SMILES string of the molecule is CC(c1nc2ccccc2s1)N1CCN(C(=O)c2cn(C)c3ccccc23)CC1. The van der Waals surface area contributed by atoms with Crippen LogP contribution in [-0.2, 0) is 7.05 Å². The summed E-state index contributed by atoms with van der Waals surface area (Å²) in [6, 6.07) is 16.7. The number of thiazole rings is 1. The molecule has 1 aliphatic heterocycles. The molecule has 3 heterocycles. The van der Waals surface area contributed by atoms with E-state index < -0.39 is 0 Å². The molecule has 5 rings (SSSR count). The van der Waals surface area contributed by atoms with Gasteiger partial charge in [0.15, 0.2) is 0 Å². The molecule has 1 unspecified atom stereocenters. The maximum atomic E-state index is 13.2. The number of piperazine rings is 1. The molecule has 1 aliphatic rings. The van der Waals surface area contributed by atoms with Crippen LogP contribution in [0.1, 0.15) is 28.3 Å². The van der Waals surface area contributed by atoms with Crippen molar-refractivity contribution in [3.63, 3.8) is 0 Å². The van der Waals surface area contributed by atoms with E-state index in [1.165, 1.54) is 4.70 Å². The van der Waals surface area contributed by atoms with Crippen LogP contribution in [-0.4, -0.2) is 51.4 Å². The van der Waals surface area contributed by atoms with Gasteiger partial charge in [0.05, 0.1) is 21.8 Å². The topological polar surface area (TPSA) is 41.4 Å². The summed E-state index contributed by atoms with van der Waals surface area (Å²) in [6.07, 6.45) is 1.96. The molecular weight excluding hydrogens is 380 g/mol. The third kappa shape index (κ3) is 3.22. The zero-order valence-corrected chi connectivity index (χ0v) is 17.5. The number of nitrogens with zero attached hydrogens (tertiary/aromatic N) is 4. The van der Waals surface area contributed by atoms with Crippen LogP contribution in [0.25, 0.3) is 21.1 Å². The Hall–Kier alpha value is -2.70. The van der Waals surface area contributed by atoms with Crippen LogP contribution >= 0.6 is 11.3 Å². The Morgan fingerprint density at radius 1 is 1.03 bits per heavy atom. The van der Waals surface area contributed by atoms with Crippen molar-refractivity contribution >= 4 is 38.4 Å². The van der Waals surface area contributed by atoms with Crippen molar-refractivity contribution in [2.45, 2.75) is 13.0 Å². The third-order valence-corrected chi connectivity index (χ3v) is 7.15. The lowest BCUT2D eigenvalue weighted by molar-refractivity contribution is 0.0584. The molecule has 1 fully saturated rings. The predicted octanol–water partition coefficient (Wildman–Crippen LogP) is 4.31. The van der Waals surface area contributed by atoms with Crippen LogP contribution in [0.2, 0.25) is 0 Å². The number of benzene rings is 2. The van der Waals surface area contributed by atoms with Gasteiger partial charge < -0.3 is 9.47 Å². The van der Waals surface area contributed by atoms with Gasteiger partial charge in [0.25, 0.3) is 5.91 Å². The number of rotatable bonds is 3. The van der Waals surface area contributed by atoms with Crippen molar-refractivity contribution in [1.29, 1.82) is 0 Å². The maximum Gasteiger partial charge on any atom is 0.256 e. The van der Waals surface area contributed by atoms with Gasteiger partial charge in [-0.05, 0) is 25.1 Å². The molecule has 1 saturated heterocycles. The number of aryl methyl sites for hydroxylation is 1. The Balaban J connectivity index is 1.30. The first-order chi connectivity index (χ1) is 14.1. The quantitative estimate of drug-likeness (QED) is 0.511. The highest BCUT2D eigenvalue weighted by molar-refractivity contribution is 7.18. The second-order valence-corrected chi connectivity index (χ2v) is 8.76. The molecule has 1 amide bonds. The van der Waals surface area contributed by atoms with E-state index in [-0.39, 0.29) is 11.9 Å². The minimum atomic E-state index is 0.133. The first-order valence-electron chi connectivity index (χ1n) is 10.0. The summed E-state index contributed by atoms with van der Waals surface area (Å²) in [5.41, 5.74) is 2.97. The van der Waals surface area contributed by atoms with Gasteiger partial charge in [-0.1, -0.05) is 30.3 Å². The average molecular weight is 405 g/mol. The van der Waals surface area contributed by atoms with Gasteiger partial charge in [0.1, 0.15) is 5.01 Å². The minimum absolute atomic E-state index is 0.133. The molecule has 0 saturated carbocycles. The summed E-state index contributed by atoms with van der Waals surface area (Å²) < 4.78 is 3.27. The van der Waals surface area contributed by atoms with Crippen LogP contribution in [0.4, 0.5) is 0 Å². The van der Waals surface area contributed by atoms with E-state index >= 15 is 0 Å². The molecule has 5 nitrogen and oxygen atoms in total. The highest BCUT2D eigenvalue weighted by Crippen LogP contribution is 2.30. The highest BCUT2D eigenvalue weighted by Gasteiger charge is 2.28. The Kier molecular flexibility index (Phi) is 4.60. The lowest BCUT2D eigenvalue weighted by atomic mass is 10.1. The monoisotopic (exact) mass is 404 g/mol. The molecule has 0 spiro atoms. The molecule has 0 N–H and O–H groups in total. The summed E-state index contributed by atoms with van der Waals surface area (Å²) >= 11 is 1.77. The summed E-state index contributed by atoms with van der Waals surface area (Å²) in [4.78, 5) is 22.4. The van der Waals surface area contributed by atoms with Crippen LogP contribution in [0.15, 0.2) is 54.7 Å². The molecule has 0 bridgehead atoms. The predicted molar refractivity (Wildman–Crippen MR) is 118 cm³/mol. The minimum Gasteiger partial charge on any atom is -0.350 e. The van der Waals surface area contributed by atoms with Crippen molar-refractivity contribution in [2.24, 2.45) is 7.05 Å². The van der Waals surface area contributed by atoms with Gasteiger partial charge in [0.2, 0.25) is 0 Å². The van der Waals surface area contributed by atoms with Crippen LogP contribution in [0.5, 0.6) is 0 Å². The number of carbonyl (C=O) groups excluding carboxylic acids is 1. The summed E-state index contributed by atoms with van der Waals surface area (Å²) in [6.45, 7) is 5.45. The first-order valence-corrected chi connectivity index (χ1v) is 10.9. The fourth-order valence-corrected chi connectivity index (χ4v) is 5.27. The second kappa shape index (κ2) is 7.28. The molecule has 0 aliphatic carbocycles. The number of hydrogen-bond donors (Lipinski definition) is 0. The van der Waals surface area contributed by atoms with E-state index in [1.54, 1.807) is 11.3 Å². The van der Waals surface area contributed by atoms with Gasteiger partial charge in [0, 0.05) is 50.3 Å².